The molecule has 0 bridgehead atoms. The second-order valence-corrected chi connectivity index (χ2v) is 6.47. The molecule has 0 atom stereocenters. The third-order valence-electron chi connectivity index (χ3n) is 4.52. The first kappa shape index (κ1) is 18.1. The Morgan fingerprint density at radius 2 is 2.00 bits per heavy atom. The van der Waals surface area contributed by atoms with Crippen LogP contribution < -0.4 is 10.1 Å². The van der Waals surface area contributed by atoms with Crippen LogP contribution in [0.5, 0.6) is 5.75 Å². The summed E-state index contributed by atoms with van der Waals surface area (Å²) in [5, 5.41) is 3.14. The molecule has 2 heterocycles. The van der Waals surface area contributed by atoms with E-state index in [1.807, 2.05) is 30.5 Å². The topological polar surface area (TPSA) is 54.5 Å². The zero-order valence-corrected chi connectivity index (χ0v) is 14.9. The number of nitrogens with zero attached hydrogens (tertiary/aromatic N) is 2. The monoisotopic (exact) mass is 351 g/mol. The van der Waals surface area contributed by atoms with Gasteiger partial charge in [-0.3, -0.25) is 14.7 Å². The average molecular weight is 351 g/mol. The van der Waals surface area contributed by atoms with Crippen molar-refractivity contribution in [3.63, 3.8) is 0 Å². The van der Waals surface area contributed by atoms with Gasteiger partial charge in [0.25, 0.3) is 5.91 Å². The number of carbonyl (C=O) groups is 1. The molecule has 3 rings (SSSR count). The lowest BCUT2D eigenvalue weighted by Gasteiger charge is -2.32. The molecule has 0 aliphatic carbocycles. The molecule has 136 valence electrons. The van der Waals surface area contributed by atoms with Gasteiger partial charge in [0, 0.05) is 37.4 Å². The summed E-state index contributed by atoms with van der Waals surface area (Å²) >= 11 is 0. The number of rotatable bonds is 7. The van der Waals surface area contributed by atoms with E-state index >= 15 is 0 Å². The maximum absolute atomic E-state index is 12.4. The number of piperidine rings is 1. The highest BCUT2D eigenvalue weighted by Gasteiger charge is 2.21. The largest absolute Gasteiger partial charge is 0.490 e. The third kappa shape index (κ3) is 5.17. The number of hydrogen-bond donors (Lipinski definition) is 1. The van der Waals surface area contributed by atoms with E-state index < -0.39 is 0 Å². The second kappa shape index (κ2) is 9.15. The number of nitrogens with one attached hydrogen (secondary N) is 1. The number of pyridine rings is 1. The van der Waals surface area contributed by atoms with E-state index in [0.29, 0.717) is 12.2 Å². The summed E-state index contributed by atoms with van der Waals surface area (Å²) < 4.78 is 5.44. The molecule has 1 amide bonds. The quantitative estimate of drug-likeness (QED) is 0.779. The fourth-order valence-corrected chi connectivity index (χ4v) is 3.08. The van der Waals surface area contributed by atoms with E-state index in [4.69, 9.17) is 4.74 Å². The van der Waals surface area contributed by atoms with Gasteiger partial charge < -0.3 is 10.1 Å². The number of likely N-dealkylation sites (tertiary alicyclic amines) is 1. The molecule has 1 aromatic heterocycles. The highest BCUT2D eigenvalue weighted by molar-refractivity contribution is 5.94. The number of benzene rings is 1. The minimum atomic E-state index is -0.0246. The molecule has 5 heteroatoms. The Labute approximate surface area is 154 Å². The zero-order chi connectivity index (χ0) is 18.2. The minimum Gasteiger partial charge on any atom is -0.490 e. The standard InChI is InChI=1S/C21H25N3O2/c1-2-15-26-20-8-6-17(7-9-20)21(25)23-18-10-13-24(14-11-18)16-19-5-3-4-12-22-19/h2-9,12,18H,1,10-11,13-16H2,(H,23,25). The van der Waals surface area contributed by atoms with Crippen molar-refractivity contribution >= 4 is 5.91 Å². The predicted molar refractivity (Wildman–Crippen MR) is 102 cm³/mol. The summed E-state index contributed by atoms with van der Waals surface area (Å²) in [4.78, 5) is 19.2. The van der Waals surface area contributed by atoms with E-state index in [-0.39, 0.29) is 11.9 Å². The molecule has 1 saturated heterocycles. The molecular weight excluding hydrogens is 326 g/mol. The van der Waals surface area contributed by atoms with Crippen molar-refractivity contribution in [1.82, 2.24) is 15.2 Å². The Balaban J connectivity index is 1.45. The molecule has 1 fully saturated rings. The first-order valence-electron chi connectivity index (χ1n) is 9.01. The SMILES string of the molecule is C=CCOc1ccc(C(=O)NC2CCN(Cc3ccccn3)CC2)cc1. The average Bonchev–Trinajstić information content (AvgIpc) is 2.69. The van der Waals surface area contributed by atoms with Gasteiger partial charge >= 0.3 is 0 Å². The van der Waals surface area contributed by atoms with Gasteiger partial charge in [0.1, 0.15) is 12.4 Å². The summed E-state index contributed by atoms with van der Waals surface area (Å²) in [6, 6.07) is 13.4. The van der Waals surface area contributed by atoms with E-state index in [1.165, 1.54) is 0 Å². The lowest BCUT2D eigenvalue weighted by Crippen LogP contribution is -2.44. The molecule has 0 unspecified atom stereocenters. The Bertz CT molecular complexity index is 708. The first-order valence-corrected chi connectivity index (χ1v) is 9.01. The molecule has 0 spiro atoms. The van der Waals surface area contributed by atoms with Crippen LogP contribution in [0.3, 0.4) is 0 Å². The van der Waals surface area contributed by atoms with Crippen LogP contribution in [0.2, 0.25) is 0 Å². The van der Waals surface area contributed by atoms with Crippen molar-refractivity contribution in [3.8, 4) is 5.75 Å². The summed E-state index contributed by atoms with van der Waals surface area (Å²) in [6.45, 7) is 6.89. The fraction of sp³-hybridized carbons (Fsp3) is 0.333. The number of amides is 1. The number of hydrogen-bond acceptors (Lipinski definition) is 4. The van der Waals surface area contributed by atoms with Crippen LogP contribution in [0.15, 0.2) is 61.3 Å². The zero-order valence-electron chi connectivity index (χ0n) is 14.9. The van der Waals surface area contributed by atoms with Crippen LogP contribution in [0, 0.1) is 0 Å². The lowest BCUT2D eigenvalue weighted by molar-refractivity contribution is 0.0908. The molecule has 2 aromatic rings. The van der Waals surface area contributed by atoms with Crippen molar-refractivity contribution in [3.05, 3.63) is 72.6 Å². The number of aromatic nitrogens is 1. The maximum Gasteiger partial charge on any atom is 0.251 e. The highest BCUT2D eigenvalue weighted by Crippen LogP contribution is 2.15. The second-order valence-electron chi connectivity index (χ2n) is 6.47. The molecule has 1 aromatic carbocycles. The van der Waals surface area contributed by atoms with Crippen molar-refractivity contribution in [1.29, 1.82) is 0 Å². The number of carbonyl (C=O) groups excluding carboxylic acids is 1. The molecule has 0 saturated carbocycles. The van der Waals surface area contributed by atoms with Crippen molar-refractivity contribution < 1.29 is 9.53 Å². The van der Waals surface area contributed by atoms with E-state index in [1.54, 1.807) is 18.2 Å². The fourth-order valence-electron chi connectivity index (χ4n) is 3.08. The van der Waals surface area contributed by atoms with E-state index in [9.17, 15) is 4.79 Å². The van der Waals surface area contributed by atoms with Gasteiger partial charge in [0.05, 0.1) is 5.69 Å². The first-order chi connectivity index (χ1) is 12.7. The molecule has 1 aliphatic heterocycles. The van der Waals surface area contributed by atoms with Gasteiger partial charge in [-0.2, -0.15) is 0 Å². The molecule has 0 radical (unpaired) electrons. The van der Waals surface area contributed by atoms with Crippen LogP contribution in [-0.4, -0.2) is 41.5 Å². The molecule has 1 N–H and O–H groups in total. The van der Waals surface area contributed by atoms with Gasteiger partial charge in [-0.15, -0.1) is 0 Å². The number of ether oxygens (including phenoxy) is 1. The van der Waals surface area contributed by atoms with Crippen LogP contribution in [0.4, 0.5) is 0 Å². The van der Waals surface area contributed by atoms with E-state index in [2.05, 4.69) is 27.8 Å². The van der Waals surface area contributed by atoms with Gasteiger partial charge in [0.15, 0.2) is 0 Å². The van der Waals surface area contributed by atoms with Crippen molar-refractivity contribution in [2.45, 2.75) is 25.4 Å². The highest BCUT2D eigenvalue weighted by atomic mass is 16.5. The lowest BCUT2D eigenvalue weighted by atomic mass is 10.0. The summed E-state index contributed by atoms with van der Waals surface area (Å²) in [5.74, 6) is 0.715. The van der Waals surface area contributed by atoms with Crippen LogP contribution in [0.25, 0.3) is 0 Å². The maximum atomic E-state index is 12.4. The Morgan fingerprint density at radius 3 is 2.65 bits per heavy atom. The minimum absolute atomic E-state index is 0.0246. The third-order valence-corrected chi connectivity index (χ3v) is 4.52. The Morgan fingerprint density at radius 1 is 1.23 bits per heavy atom. The van der Waals surface area contributed by atoms with Crippen molar-refractivity contribution in [2.24, 2.45) is 0 Å². The van der Waals surface area contributed by atoms with E-state index in [0.717, 1.165) is 43.9 Å². The normalized spacial score (nSPS) is 15.4. The van der Waals surface area contributed by atoms with Crippen LogP contribution in [0.1, 0.15) is 28.9 Å². The smallest absolute Gasteiger partial charge is 0.251 e. The molecule has 26 heavy (non-hydrogen) atoms. The molecular formula is C21H25N3O2. The molecule has 5 nitrogen and oxygen atoms in total. The summed E-state index contributed by atoms with van der Waals surface area (Å²) in [7, 11) is 0. The van der Waals surface area contributed by atoms with Gasteiger partial charge in [-0.05, 0) is 49.2 Å². The molecule has 1 aliphatic rings. The Kier molecular flexibility index (Phi) is 6.39. The van der Waals surface area contributed by atoms with Crippen LogP contribution >= 0.6 is 0 Å². The van der Waals surface area contributed by atoms with Crippen molar-refractivity contribution in [2.75, 3.05) is 19.7 Å². The summed E-state index contributed by atoms with van der Waals surface area (Å²) in [6.07, 6.45) is 5.44. The van der Waals surface area contributed by atoms with Crippen LogP contribution in [-0.2, 0) is 6.54 Å². The van der Waals surface area contributed by atoms with Gasteiger partial charge in [-0.1, -0.05) is 18.7 Å². The van der Waals surface area contributed by atoms with Gasteiger partial charge in [0.2, 0.25) is 0 Å². The van der Waals surface area contributed by atoms with Gasteiger partial charge in [-0.25, -0.2) is 0 Å². The Hall–Kier alpha value is -2.66. The summed E-state index contributed by atoms with van der Waals surface area (Å²) in [5.41, 5.74) is 1.75. The predicted octanol–water partition coefficient (Wildman–Crippen LogP) is 3.04.